The van der Waals surface area contributed by atoms with Crippen LogP contribution in [0, 0.1) is 0 Å². The average molecular weight is 1310 g/mol. The fourth-order valence-electron chi connectivity index (χ4n) is 4.94. The third kappa shape index (κ3) is 28.3. The molecule has 0 aromatic carbocycles. The fraction of sp³-hybridized carbons (Fsp3) is 0.846. The summed E-state index contributed by atoms with van der Waals surface area (Å²) in [4.78, 5) is 0.341. The largest absolute Gasteiger partial charge is 0.472 e. The molecule has 4 saturated heterocycles. The fourth-order valence-corrected chi connectivity index (χ4v) is 6.89. The van der Waals surface area contributed by atoms with Gasteiger partial charge in [-0.25, -0.2) is 0 Å². The lowest BCUT2D eigenvalue weighted by molar-refractivity contribution is 0.0974. The molecule has 0 saturated carbocycles. The van der Waals surface area contributed by atoms with Gasteiger partial charge in [0.25, 0.3) is 23.5 Å². The predicted molar refractivity (Wildman–Crippen MR) is 329 cm³/mol. The minimum absolute atomic E-state index is 0.0259. The number of rotatable bonds is 24. The molecule has 4 aromatic heterocycles. The zero-order chi connectivity index (χ0) is 103. The van der Waals surface area contributed by atoms with Crippen LogP contribution in [0.25, 0.3) is 0 Å². The maximum atomic E-state index is 10.4. The summed E-state index contributed by atoms with van der Waals surface area (Å²) in [5, 5.41) is 50.6. The Morgan fingerprint density at radius 2 is 0.655 bits per heavy atom. The number of β-amino-alcohol motifs (C(OH)–C–C–N with tert-alkyl or cyclic N) is 4. The standard InChI is InChI=1S/4C13H24N4O3S/c4*1-13(2,3)14-8-10(18)9-20-12-11(15-21-16-12)17-4-6-19-7-5-17/h4*10,14,18H,4-9H2,1-3H3/t4*10-/m0000/s1/i1D3,2D3,4D2,5D2,6D2,7D2,8D2;1D3,2D3,4D2,5D2,6D2,7D2;4D2,5D2,6D2,7D2,8D2;4D2,5D2,6D2,7D2. The molecule has 0 spiro atoms. The monoisotopic (exact) mass is 1310 g/mol. The van der Waals surface area contributed by atoms with E-state index in [2.05, 4.69) is 69.9 Å². The van der Waals surface area contributed by atoms with E-state index in [0.29, 0.717) is 46.9 Å². The lowest BCUT2D eigenvalue weighted by atomic mass is 10.1. The van der Waals surface area contributed by atoms with Crippen LogP contribution in [0.2, 0.25) is 0 Å². The van der Waals surface area contributed by atoms with E-state index in [9.17, 15) is 20.4 Å². The number of aliphatic hydroxyl groups is 4. The summed E-state index contributed by atoms with van der Waals surface area (Å²) in [6.07, 6.45) is -6.50. The van der Waals surface area contributed by atoms with Crippen LogP contribution in [0.5, 0.6) is 23.5 Å². The van der Waals surface area contributed by atoms with Gasteiger partial charge in [0.05, 0.1) is 143 Å². The summed E-state index contributed by atoms with van der Waals surface area (Å²) >= 11 is 1.72. The highest BCUT2D eigenvalue weighted by Gasteiger charge is 2.26. The van der Waals surface area contributed by atoms with Crippen molar-refractivity contribution in [1.82, 2.24) is 56.3 Å². The highest BCUT2D eigenvalue weighted by atomic mass is 32.1. The molecule has 0 aliphatic carbocycles. The van der Waals surface area contributed by atoms with Crippen molar-refractivity contribution in [3.8, 4) is 23.5 Å². The molecule has 0 radical (unpaired) electrons. The number of hydrogen-bond donors (Lipinski definition) is 8. The first-order chi connectivity index (χ1) is 58.2. The van der Waals surface area contributed by atoms with E-state index >= 15 is 0 Å². The molecule has 0 bridgehead atoms. The Morgan fingerprint density at radius 3 is 0.917 bits per heavy atom. The summed E-state index contributed by atoms with van der Waals surface area (Å²) in [6, 6.07) is 0. The molecule has 32 heteroatoms. The van der Waals surface area contributed by atoms with Crippen molar-refractivity contribution in [2.75, 3.05) is 177 Å². The third-order valence-corrected chi connectivity index (χ3v) is 10.5. The van der Waals surface area contributed by atoms with Gasteiger partial charge in [-0.05, 0) is 82.8 Å². The Labute approximate surface area is 580 Å². The van der Waals surface area contributed by atoms with Gasteiger partial charge in [-0.3, -0.25) is 0 Å². The van der Waals surface area contributed by atoms with Gasteiger partial charge in [0, 0.05) is 122 Å². The molecule has 28 nitrogen and oxygen atoms in total. The van der Waals surface area contributed by atoms with E-state index in [0.717, 1.165) is 13.8 Å². The van der Waals surface area contributed by atoms with Gasteiger partial charge in [-0.2, -0.15) is 17.5 Å². The molecule has 480 valence electrons. The van der Waals surface area contributed by atoms with Crippen LogP contribution in [0.15, 0.2) is 0 Å². The Balaban J connectivity index is 0.000000313. The van der Waals surface area contributed by atoms with Crippen LogP contribution in [0.4, 0.5) is 23.3 Å². The zero-order valence-corrected chi connectivity index (χ0v) is 48.9. The molecular weight excluding hydrogens is 1170 g/mol. The third-order valence-electron chi connectivity index (χ3n) is 8.53. The number of nitrogens with one attached hydrogen (secondary N) is 4. The maximum Gasteiger partial charge on any atom is 0.270 e. The van der Waals surface area contributed by atoms with Gasteiger partial charge >= 0.3 is 0 Å². The maximum absolute atomic E-state index is 10.4. The highest BCUT2D eigenvalue weighted by Crippen LogP contribution is 2.30. The smallest absolute Gasteiger partial charge is 0.270 e. The van der Waals surface area contributed by atoms with Crippen molar-refractivity contribution < 1.29 is 124 Å². The van der Waals surface area contributed by atoms with E-state index in [1.54, 1.807) is 26.1 Å². The molecule has 8 rings (SSSR count). The number of anilines is 4. The zero-order valence-electron chi connectivity index (χ0n) is 93.6. The molecule has 0 amide bonds. The Hall–Kier alpha value is -3.84. The first kappa shape index (κ1) is 28.8. The van der Waals surface area contributed by atoms with Crippen molar-refractivity contribution in [1.29, 1.82) is 0 Å². The molecule has 4 aliphatic heterocycles. The summed E-state index contributed by atoms with van der Waals surface area (Å²) < 4.78 is 443. The van der Waals surface area contributed by atoms with Gasteiger partial charge in [0.1, 0.15) is 50.8 Å². The number of hydrogen-bond acceptors (Lipinski definition) is 32. The van der Waals surface area contributed by atoms with Gasteiger partial charge in [-0.15, -0.1) is 17.5 Å². The Kier molecular flexibility index (Phi) is 12.3. The average Bonchev–Trinajstić information content (AvgIpc) is 0.908. The lowest BCUT2D eigenvalue weighted by Crippen LogP contribution is -2.42. The van der Waals surface area contributed by atoms with E-state index < -0.39 is 253 Å². The van der Waals surface area contributed by atoms with E-state index in [1.807, 2.05) is 20.8 Å². The summed E-state index contributed by atoms with van der Waals surface area (Å²) in [5.74, 6) is -4.96. The molecule has 4 aliphatic rings. The minimum Gasteiger partial charge on any atom is -0.472 e. The molecule has 0 unspecified atom stereocenters. The summed E-state index contributed by atoms with van der Waals surface area (Å²) in [5.41, 5.74) is -6.11. The summed E-state index contributed by atoms with van der Waals surface area (Å²) in [6.45, 7) is -61.0. The predicted octanol–water partition coefficient (Wildman–Crippen LogP) is 2.01. The molecule has 4 aromatic rings. The van der Waals surface area contributed by atoms with E-state index in [4.69, 9.17) is 84.7 Å². The van der Waals surface area contributed by atoms with Crippen LogP contribution in [-0.2, 0) is 18.9 Å². The van der Waals surface area contributed by atoms with Gasteiger partial charge in [-0.1, -0.05) is 0 Å². The Morgan fingerprint density at radius 1 is 0.417 bits per heavy atom. The second-order valence-electron chi connectivity index (χ2n) is 18.7. The number of nitrogens with zero attached hydrogens (tertiary/aromatic N) is 12. The van der Waals surface area contributed by atoms with Crippen molar-refractivity contribution >= 4 is 70.2 Å². The van der Waals surface area contributed by atoms with Crippen LogP contribution in [-0.4, -0.2) is 259 Å². The normalized spacial score (nSPS) is 36.8. The Bertz CT molecular complexity index is 4380. The quantitative estimate of drug-likeness (QED) is 0.0497. The van der Waals surface area contributed by atoms with Gasteiger partial charge in [0.15, 0.2) is 0 Å². The molecule has 4 fully saturated rings. The van der Waals surface area contributed by atoms with Crippen LogP contribution >= 0.6 is 46.9 Å². The van der Waals surface area contributed by atoms with Crippen LogP contribution < -0.4 is 59.8 Å². The van der Waals surface area contributed by atoms with Crippen molar-refractivity contribution in [3.63, 3.8) is 0 Å². The number of morpholine rings is 4. The van der Waals surface area contributed by atoms with Crippen LogP contribution in [0.1, 0.15) is 149 Å². The van der Waals surface area contributed by atoms with E-state index in [1.165, 1.54) is 0 Å². The first-order valence-corrected chi connectivity index (χ1v) is 26.7. The second kappa shape index (κ2) is 35.8. The molecule has 8 N–H and O–H groups in total. The first-order valence-electron chi connectivity index (χ1n) is 47.8. The number of ether oxygens (including phenoxy) is 8. The highest BCUT2D eigenvalue weighted by molar-refractivity contribution is 7.00. The van der Waals surface area contributed by atoms with Crippen molar-refractivity contribution in [2.24, 2.45) is 0 Å². The SMILES string of the molecule is [2H]C([2H])(NC(C)(C([2H])([2H])[2H])C([2H])([2H])[2H])[C@H](O)COc1nsnc1N1C([2H])([2H])C([2H])([2H])OC([2H])([2H])C1([2H])[2H].[2H]C([2H])(NC(C)(C)C)[C@H](O)COc1nsnc1N1C([2H])([2H])C([2H])([2H])OC([2H])([2H])C1([2H])[2H].[2H]C([2H])([2H])C(C)(NC[C@H](O)COc1nsnc1N1C([2H])([2H])C([2H])([2H])OC([2H])([2H])C1([2H])[2H])C([2H])([2H])[2H].[2H]C1([2H])OC([2H])([2H])C([2H])([2H])N(c2nsnc2OC[C@@H](O)CNC(C)(C)C)C1([2H])[2H]. The van der Waals surface area contributed by atoms with Gasteiger partial charge < -0.3 is 99.2 Å². The number of aromatic nitrogens is 8. The van der Waals surface area contributed by atoms with Crippen LogP contribution in [0.3, 0.4) is 0 Å². The topological polar surface area (TPSA) is 319 Å². The minimum atomic E-state index is -3.40. The molecule has 8 heterocycles. The molecule has 4 atom stereocenters. The molecular formula is C52H96N16O12S4. The van der Waals surface area contributed by atoms with E-state index in [-0.39, 0.29) is 44.2 Å². The second-order valence-corrected chi connectivity index (χ2v) is 20.8. The van der Waals surface area contributed by atoms with Crippen molar-refractivity contribution in [2.45, 2.75) is 129 Å². The molecule has 84 heavy (non-hydrogen) atoms. The number of aliphatic hydroxyl groups excluding tert-OH is 4. The summed E-state index contributed by atoms with van der Waals surface area (Å²) in [7, 11) is 0. The van der Waals surface area contributed by atoms with Crippen molar-refractivity contribution in [3.05, 3.63) is 0 Å². The lowest BCUT2D eigenvalue weighted by Gasteiger charge is -2.27. The van der Waals surface area contributed by atoms with Gasteiger partial charge in [0.2, 0.25) is 23.3 Å².